The lowest BCUT2D eigenvalue weighted by molar-refractivity contribution is -0.903. The number of alkyl halides is 1. The third-order valence-electron chi connectivity index (χ3n) is 5.68. The number of hydrogen-bond acceptors (Lipinski definition) is 0. The average Bonchev–Trinajstić information content (AvgIpc) is 2.74. The van der Waals surface area contributed by atoms with Crippen LogP contribution in [-0.2, 0) is 6.54 Å². The summed E-state index contributed by atoms with van der Waals surface area (Å²) in [7, 11) is 4.74. The molecule has 0 N–H and O–H groups in total. The Labute approximate surface area is 198 Å². The minimum Gasteiger partial charge on any atom is -0.325 e. The third kappa shape index (κ3) is 20.7. The summed E-state index contributed by atoms with van der Waals surface area (Å²) in [6.07, 6.45) is 22.0. The number of unbranched alkanes of at least 4 members (excludes halogenated alkanes) is 13. The summed E-state index contributed by atoms with van der Waals surface area (Å²) in [6.45, 7) is 8.18. The summed E-state index contributed by atoms with van der Waals surface area (Å²) < 4.78 is 1.11. The zero-order chi connectivity index (χ0) is 22.3. The summed E-state index contributed by atoms with van der Waals surface area (Å²) in [5, 5.41) is 0.896. The van der Waals surface area contributed by atoms with E-state index in [4.69, 9.17) is 0 Å². The van der Waals surface area contributed by atoms with E-state index in [-0.39, 0.29) is 0 Å². The molecule has 0 atom stereocenters. The van der Waals surface area contributed by atoms with Crippen LogP contribution in [-0.4, -0.2) is 30.5 Å². The van der Waals surface area contributed by atoms with E-state index in [1.165, 1.54) is 102 Å². The van der Waals surface area contributed by atoms with Gasteiger partial charge in [0, 0.05) is 10.9 Å². The van der Waals surface area contributed by atoms with Gasteiger partial charge in [0.1, 0.15) is 6.54 Å². The van der Waals surface area contributed by atoms with Gasteiger partial charge < -0.3 is 4.48 Å². The quantitative estimate of drug-likeness (QED) is 0.0848. The molecule has 0 heterocycles. The first-order valence-corrected chi connectivity index (χ1v) is 13.7. The number of benzene rings is 1. The molecule has 2 heteroatoms. The Bertz CT molecular complexity index is 469. The van der Waals surface area contributed by atoms with Crippen LogP contribution in [0, 0.1) is 0 Å². The van der Waals surface area contributed by atoms with Crippen LogP contribution in [0.4, 0.5) is 0 Å². The fourth-order valence-corrected chi connectivity index (χ4v) is 3.89. The van der Waals surface area contributed by atoms with Gasteiger partial charge in [-0.25, -0.2) is 0 Å². The lowest BCUT2D eigenvalue weighted by Crippen LogP contribution is -2.39. The van der Waals surface area contributed by atoms with Gasteiger partial charge >= 0.3 is 0 Å². The highest BCUT2D eigenvalue weighted by atomic mass is 79.9. The van der Waals surface area contributed by atoms with E-state index in [1.807, 2.05) is 0 Å². The second kappa shape index (κ2) is 21.6. The fourth-order valence-electron chi connectivity index (χ4n) is 3.89. The maximum atomic E-state index is 3.43. The molecule has 0 fully saturated rings. The second-order valence-corrected chi connectivity index (χ2v) is 9.99. The summed E-state index contributed by atoms with van der Waals surface area (Å²) >= 11 is 3.13. The number of hydrogen-bond donors (Lipinski definition) is 0. The Morgan fingerprint density at radius 2 is 1.13 bits per heavy atom. The molecule has 0 amide bonds. The molecular formula is C28H51BrN+. The minimum absolute atomic E-state index is 0.896. The molecular weight excluding hydrogens is 430 g/mol. The zero-order valence-electron chi connectivity index (χ0n) is 20.5. The van der Waals surface area contributed by atoms with Crippen molar-refractivity contribution in [1.82, 2.24) is 0 Å². The third-order valence-corrected chi connectivity index (χ3v) is 6.14. The Balaban J connectivity index is 0.00000192. The smallest absolute Gasteiger partial charge is 0.104 e. The maximum absolute atomic E-state index is 3.43. The predicted molar refractivity (Wildman–Crippen MR) is 141 cm³/mol. The number of nitrogens with zero attached hydrogens (tertiary/aromatic N) is 1. The van der Waals surface area contributed by atoms with Crippen LogP contribution in [0.2, 0.25) is 0 Å². The molecule has 0 unspecified atom stereocenters. The van der Waals surface area contributed by atoms with Crippen LogP contribution in [0.3, 0.4) is 0 Å². The number of halogens is 1. The Morgan fingerprint density at radius 3 is 1.53 bits per heavy atom. The molecule has 1 aromatic carbocycles. The highest BCUT2D eigenvalue weighted by molar-refractivity contribution is 9.09. The van der Waals surface area contributed by atoms with Gasteiger partial charge in [-0.1, -0.05) is 136 Å². The van der Waals surface area contributed by atoms with Gasteiger partial charge in [0.05, 0.1) is 20.6 Å². The minimum atomic E-state index is 0.896. The molecule has 0 radical (unpaired) electrons. The topological polar surface area (TPSA) is 0 Å². The number of allylic oxidation sites excluding steroid dienone is 1. The van der Waals surface area contributed by atoms with Gasteiger partial charge in [0.25, 0.3) is 0 Å². The summed E-state index contributed by atoms with van der Waals surface area (Å²) in [4.78, 5) is 0. The van der Waals surface area contributed by atoms with E-state index in [1.54, 1.807) is 6.08 Å². The molecule has 0 bridgehead atoms. The fraction of sp³-hybridized carbons (Fsp3) is 0.714. The van der Waals surface area contributed by atoms with E-state index in [0.29, 0.717) is 0 Å². The van der Waals surface area contributed by atoms with Gasteiger partial charge in [0.2, 0.25) is 0 Å². The molecule has 30 heavy (non-hydrogen) atoms. The molecule has 1 rings (SSSR count). The van der Waals surface area contributed by atoms with Crippen LogP contribution in [0.25, 0.3) is 0 Å². The first-order valence-electron chi connectivity index (χ1n) is 12.6. The molecule has 1 aromatic rings. The molecule has 0 spiro atoms. The highest BCUT2D eigenvalue weighted by Gasteiger charge is 2.14. The zero-order valence-corrected chi connectivity index (χ0v) is 22.1. The van der Waals surface area contributed by atoms with Gasteiger partial charge in [-0.05, 0) is 12.8 Å². The van der Waals surface area contributed by atoms with Crippen molar-refractivity contribution in [1.29, 1.82) is 0 Å². The van der Waals surface area contributed by atoms with Crippen LogP contribution in [0.5, 0.6) is 0 Å². The number of rotatable bonds is 18. The van der Waals surface area contributed by atoms with Crippen LogP contribution in [0.1, 0.15) is 102 Å². The van der Waals surface area contributed by atoms with E-state index in [2.05, 4.69) is 73.9 Å². The van der Waals surface area contributed by atoms with E-state index in [0.717, 1.165) is 16.4 Å². The average molecular weight is 482 g/mol. The number of quaternary nitrogens is 1. The maximum Gasteiger partial charge on any atom is 0.104 e. The van der Waals surface area contributed by atoms with Crippen molar-refractivity contribution < 1.29 is 4.48 Å². The van der Waals surface area contributed by atoms with Crippen molar-refractivity contribution in [3.05, 3.63) is 48.6 Å². The standard InChI is InChI=1S/C25H46N.C3H5Br/c1-4-5-6-7-8-9-10-11-12-13-14-15-16-20-23-26(2,3)24-25-21-18-17-19-22-25;1-2-3-4/h17-19,21-22H,4-16,20,23-24H2,1-3H3;2H,1,3H2/q+1;. The molecule has 0 aliphatic rings. The van der Waals surface area contributed by atoms with Crippen molar-refractivity contribution in [3.8, 4) is 0 Å². The van der Waals surface area contributed by atoms with Crippen molar-refractivity contribution >= 4 is 15.9 Å². The van der Waals surface area contributed by atoms with Crippen molar-refractivity contribution in [2.24, 2.45) is 0 Å². The molecule has 0 saturated carbocycles. The van der Waals surface area contributed by atoms with Crippen molar-refractivity contribution in [2.75, 3.05) is 26.0 Å². The molecule has 0 aliphatic heterocycles. The monoisotopic (exact) mass is 480 g/mol. The SMILES string of the molecule is C=CCBr.CCCCCCCCCCCCCCCC[N+](C)(C)Cc1ccccc1. The van der Waals surface area contributed by atoms with E-state index < -0.39 is 0 Å². The first-order chi connectivity index (χ1) is 14.6. The Morgan fingerprint density at radius 1 is 0.733 bits per heavy atom. The molecule has 0 aliphatic carbocycles. The highest BCUT2D eigenvalue weighted by Crippen LogP contribution is 2.15. The van der Waals surface area contributed by atoms with E-state index >= 15 is 0 Å². The van der Waals surface area contributed by atoms with Crippen LogP contribution < -0.4 is 0 Å². The lowest BCUT2D eigenvalue weighted by atomic mass is 10.0. The van der Waals surface area contributed by atoms with Crippen LogP contribution >= 0.6 is 15.9 Å². The first kappa shape index (κ1) is 29.4. The molecule has 0 saturated heterocycles. The normalized spacial score (nSPS) is 11.1. The van der Waals surface area contributed by atoms with Gasteiger partial charge in [-0.2, -0.15) is 0 Å². The van der Waals surface area contributed by atoms with Crippen molar-refractivity contribution in [2.45, 2.75) is 103 Å². The predicted octanol–water partition coefficient (Wildman–Crippen LogP) is 9.31. The molecule has 174 valence electrons. The second-order valence-electron chi connectivity index (χ2n) is 9.34. The van der Waals surface area contributed by atoms with Gasteiger partial charge in [0.15, 0.2) is 0 Å². The van der Waals surface area contributed by atoms with Gasteiger partial charge in [-0.3, -0.25) is 0 Å². The van der Waals surface area contributed by atoms with Gasteiger partial charge in [-0.15, -0.1) is 6.58 Å². The molecule has 0 aromatic heterocycles. The van der Waals surface area contributed by atoms with E-state index in [9.17, 15) is 0 Å². The lowest BCUT2D eigenvalue weighted by Gasteiger charge is -2.30. The Hall–Kier alpha value is -0.600. The van der Waals surface area contributed by atoms with Crippen molar-refractivity contribution in [3.63, 3.8) is 0 Å². The molecule has 1 nitrogen and oxygen atoms in total. The largest absolute Gasteiger partial charge is 0.325 e. The summed E-state index contributed by atoms with van der Waals surface area (Å²) in [5.74, 6) is 0. The summed E-state index contributed by atoms with van der Waals surface area (Å²) in [5.41, 5.74) is 1.46. The van der Waals surface area contributed by atoms with Crippen LogP contribution in [0.15, 0.2) is 43.0 Å². The Kier molecular flexibility index (Phi) is 21.2. The summed E-state index contributed by atoms with van der Waals surface area (Å²) in [6, 6.07) is 10.9.